The van der Waals surface area contributed by atoms with E-state index in [2.05, 4.69) is 39.5 Å². The van der Waals surface area contributed by atoms with Crippen LogP contribution in [0.5, 0.6) is 5.88 Å². The maximum atomic E-state index is 12.4. The van der Waals surface area contributed by atoms with E-state index in [1.54, 1.807) is 0 Å². The van der Waals surface area contributed by atoms with Gasteiger partial charge < -0.3 is 26.7 Å². The van der Waals surface area contributed by atoms with Gasteiger partial charge in [0.2, 0.25) is 6.73 Å². The predicted molar refractivity (Wildman–Crippen MR) is 126 cm³/mol. The molecule has 0 bridgehead atoms. The molecule has 1 unspecified atom stereocenters. The van der Waals surface area contributed by atoms with Crippen molar-refractivity contribution in [3.05, 3.63) is 11.8 Å². The number of aromatic nitrogens is 2. The van der Waals surface area contributed by atoms with Crippen molar-refractivity contribution in [2.45, 2.75) is 57.9 Å². The van der Waals surface area contributed by atoms with Crippen LogP contribution in [0.15, 0.2) is 11.1 Å². The van der Waals surface area contributed by atoms with E-state index in [4.69, 9.17) is 20.9 Å². The lowest BCUT2D eigenvalue weighted by molar-refractivity contribution is -0.919. The lowest BCUT2D eigenvalue weighted by atomic mass is 10.1. The Hall–Kier alpha value is -2.24. The van der Waals surface area contributed by atoms with Crippen molar-refractivity contribution < 1.29 is 24.5 Å². The second-order valence-corrected chi connectivity index (χ2v) is 9.11. The van der Waals surface area contributed by atoms with Crippen LogP contribution in [0.25, 0.3) is 5.57 Å². The maximum absolute atomic E-state index is 12.4. The van der Waals surface area contributed by atoms with Gasteiger partial charge in [-0.05, 0) is 12.8 Å². The van der Waals surface area contributed by atoms with Gasteiger partial charge in [0.05, 0.1) is 31.9 Å². The summed E-state index contributed by atoms with van der Waals surface area (Å²) in [5, 5.41) is 0. The van der Waals surface area contributed by atoms with Crippen LogP contribution in [0, 0.1) is 0 Å². The third kappa shape index (κ3) is 8.71. The first-order valence-electron chi connectivity index (χ1n) is 11.4. The number of nitrogens with zero attached hydrogens (tertiary/aromatic N) is 4. The summed E-state index contributed by atoms with van der Waals surface area (Å²) in [6, 6.07) is -0.439. The first-order valence-corrected chi connectivity index (χ1v) is 12.1. The van der Waals surface area contributed by atoms with E-state index in [0.29, 0.717) is 49.6 Å². The average Bonchev–Trinajstić information content (AvgIpc) is 3.23. The first-order chi connectivity index (χ1) is 15.3. The summed E-state index contributed by atoms with van der Waals surface area (Å²) < 4.78 is 20.9. The van der Waals surface area contributed by atoms with Crippen molar-refractivity contribution in [1.82, 2.24) is 8.75 Å². The van der Waals surface area contributed by atoms with E-state index in [9.17, 15) is 4.79 Å². The summed E-state index contributed by atoms with van der Waals surface area (Å²) in [4.78, 5) is 16.3. The van der Waals surface area contributed by atoms with Gasteiger partial charge in [0.1, 0.15) is 12.2 Å². The Labute approximate surface area is 194 Å². The SMILES string of the molecule is CCCCCCOc1nsnc1C1=CCC[N+](C)(COC(=O)[C@@H]([NH3+])CCCN=C(N)N)C1. The molecule has 11 heteroatoms. The topological polar surface area (TPSA) is 153 Å². The third-order valence-corrected chi connectivity index (χ3v) is 5.98. The molecule has 32 heavy (non-hydrogen) atoms. The summed E-state index contributed by atoms with van der Waals surface area (Å²) in [6.07, 6.45) is 8.92. The Kier molecular flexibility index (Phi) is 10.8. The molecule has 1 aliphatic heterocycles. The van der Waals surface area contributed by atoms with Gasteiger partial charge in [-0.2, -0.15) is 4.37 Å². The quantitative estimate of drug-likeness (QED) is 0.120. The van der Waals surface area contributed by atoms with Crippen molar-refractivity contribution in [3.63, 3.8) is 0 Å². The van der Waals surface area contributed by atoms with Crippen LogP contribution in [0.4, 0.5) is 0 Å². The number of aliphatic imine (C=N–C) groups is 1. The van der Waals surface area contributed by atoms with E-state index in [0.717, 1.165) is 37.1 Å². The number of quaternary nitrogens is 2. The van der Waals surface area contributed by atoms with Crippen molar-refractivity contribution >= 4 is 29.2 Å². The van der Waals surface area contributed by atoms with Crippen LogP contribution < -0.4 is 21.9 Å². The molecule has 0 saturated carbocycles. The van der Waals surface area contributed by atoms with Crippen molar-refractivity contribution in [3.8, 4) is 5.88 Å². The van der Waals surface area contributed by atoms with Gasteiger partial charge >= 0.3 is 5.97 Å². The fraction of sp³-hybridized carbons (Fsp3) is 0.714. The lowest BCUT2D eigenvalue weighted by Crippen LogP contribution is -2.66. The molecule has 180 valence electrons. The minimum absolute atomic E-state index is 0.0555. The van der Waals surface area contributed by atoms with Gasteiger partial charge in [0.25, 0.3) is 5.88 Å². The number of likely N-dealkylation sites (N-methyl/N-ethyl adjacent to an activating group) is 1. The van der Waals surface area contributed by atoms with Crippen molar-refractivity contribution in [1.29, 1.82) is 0 Å². The molecular formula is C21H39N7O3S+2. The number of carbonyl (C=O) groups is 1. The zero-order valence-electron chi connectivity index (χ0n) is 19.4. The Balaban J connectivity index is 1.84. The molecule has 0 aliphatic carbocycles. The molecular weight excluding hydrogens is 430 g/mol. The number of guanidine groups is 1. The number of nitrogens with two attached hydrogens (primary N) is 2. The molecule has 1 aliphatic rings. The van der Waals surface area contributed by atoms with Crippen molar-refractivity contribution in [2.24, 2.45) is 16.5 Å². The summed E-state index contributed by atoms with van der Waals surface area (Å²) in [5.41, 5.74) is 16.4. The summed E-state index contributed by atoms with van der Waals surface area (Å²) in [6.45, 7) is 5.21. The molecule has 2 heterocycles. The van der Waals surface area contributed by atoms with Gasteiger partial charge in [-0.1, -0.05) is 32.3 Å². The van der Waals surface area contributed by atoms with Gasteiger partial charge in [-0.15, -0.1) is 4.37 Å². The molecule has 0 saturated heterocycles. The fourth-order valence-corrected chi connectivity index (χ4v) is 4.09. The molecule has 0 radical (unpaired) electrons. The molecule has 2 rings (SSSR count). The summed E-state index contributed by atoms with van der Waals surface area (Å²) >= 11 is 1.17. The number of hydrogen-bond donors (Lipinski definition) is 3. The summed E-state index contributed by atoms with van der Waals surface area (Å²) in [5.74, 6) is 0.373. The average molecular weight is 470 g/mol. The monoisotopic (exact) mass is 469 g/mol. The van der Waals surface area contributed by atoms with Crippen LogP contribution in [-0.2, 0) is 9.53 Å². The van der Waals surface area contributed by atoms with Gasteiger partial charge in [-0.25, -0.2) is 4.79 Å². The molecule has 1 aromatic rings. The van der Waals surface area contributed by atoms with E-state index < -0.39 is 6.04 Å². The number of carbonyl (C=O) groups excluding carboxylic acids is 1. The number of hydrogen-bond acceptors (Lipinski definition) is 7. The highest BCUT2D eigenvalue weighted by molar-refractivity contribution is 6.99. The normalized spacial score (nSPS) is 19.2. The number of ether oxygens (including phenoxy) is 2. The van der Waals surface area contributed by atoms with Gasteiger partial charge in [0.15, 0.2) is 12.0 Å². The molecule has 10 nitrogen and oxygen atoms in total. The third-order valence-electron chi connectivity index (χ3n) is 5.47. The van der Waals surface area contributed by atoms with Crippen molar-refractivity contribution in [2.75, 3.05) is 40.0 Å². The van der Waals surface area contributed by atoms with Crippen LogP contribution in [-0.4, -0.2) is 71.2 Å². The fourth-order valence-electron chi connectivity index (χ4n) is 3.56. The highest BCUT2D eigenvalue weighted by Crippen LogP contribution is 2.30. The predicted octanol–water partition coefficient (Wildman–Crippen LogP) is 0.896. The smallest absolute Gasteiger partial charge is 0.369 e. The number of rotatable bonds is 14. The highest BCUT2D eigenvalue weighted by Gasteiger charge is 2.32. The standard InChI is InChI=1S/C21H38N7O3S/c1-3-4-5-6-13-30-19-18(26-32-27-19)16-9-8-12-28(2,14-16)15-31-20(29)17(22)10-7-11-25-21(23)24/h9,17H,3-8,10-15,22H2,1-2H3,(H4,23,24,25)/q+1/p+1/t17-,28?/m0/s1. The maximum Gasteiger partial charge on any atom is 0.369 e. The zero-order chi connectivity index (χ0) is 23.4. The van der Waals surface area contributed by atoms with Gasteiger partial charge in [0, 0.05) is 25.0 Å². The Morgan fingerprint density at radius 2 is 2.12 bits per heavy atom. The molecule has 1 aromatic heterocycles. The van der Waals surface area contributed by atoms with Crippen LogP contribution >= 0.6 is 11.7 Å². The molecule has 0 amide bonds. The minimum atomic E-state index is -0.439. The first kappa shape index (κ1) is 26.0. The Bertz CT molecular complexity index is 779. The van der Waals surface area contributed by atoms with E-state index in [1.807, 2.05) is 0 Å². The van der Waals surface area contributed by atoms with E-state index in [-0.39, 0.29) is 11.9 Å². The second-order valence-electron chi connectivity index (χ2n) is 8.58. The van der Waals surface area contributed by atoms with E-state index >= 15 is 0 Å². The summed E-state index contributed by atoms with van der Waals surface area (Å²) in [7, 11) is 2.09. The second kappa shape index (κ2) is 13.3. The largest absolute Gasteiger partial charge is 0.475 e. The Morgan fingerprint density at radius 3 is 2.88 bits per heavy atom. The van der Waals surface area contributed by atoms with Crippen LogP contribution in [0.3, 0.4) is 0 Å². The molecule has 0 spiro atoms. The van der Waals surface area contributed by atoms with Crippen LogP contribution in [0.2, 0.25) is 0 Å². The molecule has 0 fully saturated rings. The Morgan fingerprint density at radius 1 is 1.31 bits per heavy atom. The lowest BCUT2D eigenvalue weighted by Gasteiger charge is -2.36. The van der Waals surface area contributed by atoms with Gasteiger partial charge in [-0.3, -0.25) is 9.48 Å². The highest BCUT2D eigenvalue weighted by atomic mass is 32.1. The molecule has 2 atom stereocenters. The molecule has 7 N–H and O–H groups in total. The van der Waals surface area contributed by atoms with E-state index in [1.165, 1.54) is 24.6 Å². The number of unbranched alkanes of at least 4 members (excludes halogenated alkanes) is 3. The molecule has 0 aromatic carbocycles. The van der Waals surface area contributed by atoms with Crippen LogP contribution in [0.1, 0.15) is 57.6 Å². The minimum Gasteiger partial charge on any atom is -0.475 e. The number of esters is 1. The zero-order valence-corrected chi connectivity index (χ0v) is 20.2.